The van der Waals surface area contributed by atoms with Crippen molar-refractivity contribution in [2.45, 2.75) is 58.1 Å². The number of hydrogen-bond acceptors (Lipinski definition) is 4. The van der Waals surface area contributed by atoms with Crippen molar-refractivity contribution in [1.29, 1.82) is 0 Å². The van der Waals surface area contributed by atoms with Crippen molar-refractivity contribution in [3.63, 3.8) is 0 Å². The van der Waals surface area contributed by atoms with Crippen LogP contribution in [0.25, 0.3) is 0 Å². The molecule has 1 N–H and O–H groups in total. The number of β-amino-alcohol motifs (C(OH)–C–C–N with tert-alkyl or cyclic N) is 1. The average Bonchev–Trinajstić information content (AvgIpc) is 2.83. The van der Waals surface area contributed by atoms with Gasteiger partial charge < -0.3 is 14.6 Å². The molecule has 4 nitrogen and oxygen atoms in total. The lowest BCUT2D eigenvalue weighted by Crippen LogP contribution is -2.52. The van der Waals surface area contributed by atoms with Crippen LogP contribution < -0.4 is 4.74 Å². The highest BCUT2D eigenvalue weighted by molar-refractivity contribution is 5.22. The minimum atomic E-state index is -1.05. The molecule has 3 rings (SSSR count). The van der Waals surface area contributed by atoms with Gasteiger partial charge in [-0.25, -0.2) is 4.39 Å². The maximum absolute atomic E-state index is 13.0. The summed E-state index contributed by atoms with van der Waals surface area (Å²) in [5.41, 5.74) is -0.678. The molecule has 1 saturated carbocycles. The summed E-state index contributed by atoms with van der Waals surface area (Å²) in [5.74, 6) is 1.04. The first-order valence-electron chi connectivity index (χ1n) is 10.2. The maximum atomic E-state index is 13.0. The summed E-state index contributed by atoms with van der Waals surface area (Å²) in [6.07, 6.45) is 4.85. The van der Waals surface area contributed by atoms with Crippen molar-refractivity contribution in [3.8, 4) is 5.75 Å². The van der Waals surface area contributed by atoms with Crippen molar-refractivity contribution < 1.29 is 19.0 Å². The third-order valence-electron chi connectivity index (χ3n) is 6.15. The molecule has 0 spiro atoms. The fourth-order valence-corrected chi connectivity index (χ4v) is 4.40. The number of ether oxygens (including phenoxy) is 2. The molecule has 5 heteroatoms. The molecule has 1 atom stereocenters. The molecule has 27 heavy (non-hydrogen) atoms. The van der Waals surface area contributed by atoms with Gasteiger partial charge in [-0.3, -0.25) is 4.90 Å². The summed E-state index contributed by atoms with van der Waals surface area (Å²) in [6, 6.07) is 6.40. The van der Waals surface area contributed by atoms with E-state index in [2.05, 4.69) is 25.7 Å². The van der Waals surface area contributed by atoms with Crippen LogP contribution in [0.1, 0.15) is 46.5 Å². The molecule has 1 aliphatic carbocycles. The zero-order chi connectivity index (χ0) is 19.5. The third kappa shape index (κ3) is 5.66. The van der Waals surface area contributed by atoms with Crippen molar-refractivity contribution in [1.82, 2.24) is 4.90 Å². The van der Waals surface area contributed by atoms with Crippen LogP contribution in [0, 0.1) is 17.2 Å². The molecule has 0 radical (unpaired) electrons. The number of nitrogens with zero attached hydrogens (tertiary/aromatic N) is 1. The van der Waals surface area contributed by atoms with E-state index in [9.17, 15) is 9.50 Å². The van der Waals surface area contributed by atoms with Crippen LogP contribution in [-0.4, -0.2) is 54.6 Å². The number of aliphatic hydroxyl groups is 1. The zero-order valence-corrected chi connectivity index (χ0v) is 16.9. The zero-order valence-electron chi connectivity index (χ0n) is 16.9. The predicted octanol–water partition coefficient (Wildman–Crippen LogP) is 3.87. The first-order chi connectivity index (χ1) is 12.8. The van der Waals surface area contributed by atoms with E-state index in [4.69, 9.17) is 9.47 Å². The summed E-state index contributed by atoms with van der Waals surface area (Å²) in [6.45, 7) is 9.46. The topological polar surface area (TPSA) is 41.9 Å². The lowest BCUT2D eigenvalue weighted by molar-refractivity contribution is -0.0691. The Bertz CT molecular complexity index is 593. The van der Waals surface area contributed by atoms with Crippen LogP contribution >= 0.6 is 0 Å². The average molecular weight is 380 g/mol. The minimum absolute atomic E-state index is 0.145. The summed E-state index contributed by atoms with van der Waals surface area (Å²) in [4.78, 5) is 2.39. The van der Waals surface area contributed by atoms with Crippen molar-refractivity contribution in [2.75, 3.05) is 32.9 Å². The van der Waals surface area contributed by atoms with Gasteiger partial charge in [0, 0.05) is 19.1 Å². The minimum Gasteiger partial charge on any atom is -0.490 e. The number of hydrogen-bond donors (Lipinski definition) is 1. The van der Waals surface area contributed by atoms with Crippen molar-refractivity contribution >= 4 is 0 Å². The van der Waals surface area contributed by atoms with Gasteiger partial charge >= 0.3 is 0 Å². The summed E-state index contributed by atoms with van der Waals surface area (Å²) in [5, 5.41) is 11.1. The second kappa shape index (κ2) is 8.46. The Kier molecular flexibility index (Phi) is 6.44. The van der Waals surface area contributed by atoms with E-state index in [1.807, 2.05) is 0 Å². The molecule has 152 valence electrons. The van der Waals surface area contributed by atoms with Crippen LogP contribution in [0.4, 0.5) is 4.39 Å². The molecule has 1 saturated heterocycles. The highest BCUT2D eigenvalue weighted by Crippen LogP contribution is 2.39. The van der Waals surface area contributed by atoms with Gasteiger partial charge in [-0.05, 0) is 61.3 Å². The Labute approximate surface area is 162 Å². The summed E-state index contributed by atoms with van der Waals surface area (Å²) < 4.78 is 24.5. The smallest absolute Gasteiger partial charge is 0.134 e. The molecule has 0 unspecified atom stereocenters. The third-order valence-corrected chi connectivity index (χ3v) is 6.15. The number of benzene rings is 1. The van der Waals surface area contributed by atoms with E-state index in [1.165, 1.54) is 37.8 Å². The van der Waals surface area contributed by atoms with Gasteiger partial charge in [0.2, 0.25) is 0 Å². The van der Waals surface area contributed by atoms with Gasteiger partial charge in [0.25, 0.3) is 0 Å². The lowest BCUT2D eigenvalue weighted by atomic mass is 9.71. The van der Waals surface area contributed by atoms with Crippen LogP contribution in [0.5, 0.6) is 5.75 Å². The van der Waals surface area contributed by atoms with Crippen LogP contribution in [0.2, 0.25) is 0 Å². The van der Waals surface area contributed by atoms with Gasteiger partial charge in [-0.15, -0.1) is 0 Å². The molecule has 1 aromatic carbocycles. The summed E-state index contributed by atoms with van der Waals surface area (Å²) in [7, 11) is 0. The van der Waals surface area contributed by atoms with E-state index < -0.39 is 5.60 Å². The van der Waals surface area contributed by atoms with E-state index in [-0.39, 0.29) is 19.0 Å². The Balaban J connectivity index is 1.57. The Hall–Kier alpha value is -1.17. The monoisotopic (exact) mass is 379 g/mol. The Morgan fingerprint density at radius 2 is 1.85 bits per heavy atom. The molecule has 2 aliphatic rings. The van der Waals surface area contributed by atoms with E-state index >= 15 is 0 Å². The highest BCUT2D eigenvalue weighted by atomic mass is 19.1. The van der Waals surface area contributed by atoms with Gasteiger partial charge in [0.05, 0.1) is 13.2 Å². The molecule has 2 fully saturated rings. The molecule has 0 bridgehead atoms. The van der Waals surface area contributed by atoms with Crippen molar-refractivity contribution in [2.24, 2.45) is 11.3 Å². The molecule has 1 heterocycles. The Morgan fingerprint density at radius 3 is 2.48 bits per heavy atom. The first kappa shape index (κ1) is 20.6. The molecule has 1 aliphatic heterocycles. The highest BCUT2D eigenvalue weighted by Gasteiger charge is 2.38. The second-order valence-electron chi connectivity index (χ2n) is 9.36. The van der Waals surface area contributed by atoms with Gasteiger partial charge in [0.1, 0.15) is 23.8 Å². The van der Waals surface area contributed by atoms with Crippen LogP contribution in [0.15, 0.2) is 24.3 Å². The lowest BCUT2D eigenvalue weighted by Gasteiger charge is -2.42. The largest absolute Gasteiger partial charge is 0.490 e. The quantitative estimate of drug-likeness (QED) is 0.862. The summed E-state index contributed by atoms with van der Waals surface area (Å²) >= 11 is 0. The van der Waals surface area contributed by atoms with Gasteiger partial charge in [-0.2, -0.15) is 0 Å². The number of rotatable bonds is 4. The molecule has 1 aromatic rings. The van der Waals surface area contributed by atoms with Crippen LogP contribution in [0.3, 0.4) is 0 Å². The second-order valence-corrected chi connectivity index (χ2v) is 9.36. The van der Waals surface area contributed by atoms with E-state index in [0.29, 0.717) is 30.4 Å². The molecule has 0 amide bonds. The Morgan fingerprint density at radius 1 is 1.19 bits per heavy atom. The normalized spacial score (nSPS) is 30.7. The molecular weight excluding hydrogens is 345 g/mol. The fraction of sp³-hybridized carbons (Fsp3) is 0.727. The standard InChI is InChI=1S/C22H34FNO3/c1-21(2,3)17-4-8-19(9-5-17)24-12-13-26-15-22(25,14-24)16-27-20-10-6-18(23)7-11-20/h6-7,10-11,17,19,25H,4-5,8-9,12-16H2,1-3H3/t17?,19?,22-/m1/s1. The van der Waals surface area contributed by atoms with Crippen molar-refractivity contribution in [3.05, 3.63) is 30.1 Å². The fourth-order valence-electron chi connectivity index (χ4n) is 4.40. The molecule has 0 aromatic heterocycles. The first-order valence-corrected chi connectivity index (χ1v) is 10.2. The number of halogens is 1. The van der Waals surface area contributed by atoms with Gasteiger partial charge in [0.15, 0.2) is 0 Å². The predicted molar refractivity (Wildman–Crippen MR) is 104 cm³/mol. The van der Waals surface area contributed by atoms with E-state index in [1.54, 1.807) is 12.1 Å². The maximum Gasteiger partial charge on any atom is 0.134 e. The molecular formula is C22H34FNO3. The van der Waals surface area contributed by atoms with E-state index in [0.717, 1.165) is 12.5 Å². The SMILES string of the molecule is CC(C)(C)C1CCC(N2CCOC[C@@](O)(COc3ccc(F)cc3)C2)CC1. The van der Waals surface area contributed by atoms with Crippen LogP contribution in [-0.2, 0) is 4.74 Å². The van der Waals surface area contributed by atoms with Gasteiger partial charge in [-0.1, -0.05) is 20.8 Å².